The fourth-order valence-corrected chi connectivity index (χ4v) is 4.77. The number of hydrogen-bond donors (Lipinski definition) is 2. The number of rotatable bonds is 5. The molecule has 3 atom stereocenters. The number of piperidine rings is 1. The fourth-order valence-electron chi connectivity index (χ4n) is 4.77. The summed E-state index contributed by atoms with van der Waals surface area (Å²) >= 11 is 0. The number of likely N-dealkylation sites (tertiary alicyclic amines) is 1. The number of benzene rings is 1. The number of pyridine rings is 1. The highest BCUT2D eigenvalue weighted by Crippen LogP contribution is 2.37. The highest BCUT2D eigenvalue weighted by atomic mass is 16.1. The lowest BCUT2D eigenvalue weighted by Crippen LogP contribution is -2.49. The summed E-state index contributed by atoms with van der Waals surface area (Å²) in [4.78, 5) is 33.8. The van der Waals surface area contributed by atoms with Crippen LogP contribution in [0.25, 0.3) is 0 Å². The van der Waals surface area contributed by atoms with Crippen LogP contribution in [0.15, 0.2) is 36.4 Å². The maximum absolute atomic E-state index is 12.8. The first kappa shape index (κ1) is 24.0. The molecule has 1 aromatic carbocycles. The SMILES string of the molecule is CC1C(=O)[C@@H](C)N(C(C)C#N)c2nc(Nc3cccc(C(=O)NC4CCN(C#N)CC4)c3)ccc21. The normalized spacial score (nSPS) is 20.9. The molecular formula is C26H29N7O2. The quantitative estimate of drug-likeness (QED) is 0.637. The minimum Gasteiger partial charge on any atom is -0.349 e. The second-order valence-corrected chi connectivity index (χ2v) is 9.16. The average molecular weight is 472 g/mol. The van der Waals surface area contributed by atoms with Gasteiger partial charge in [0.15, 0.2) is 12.0 Å². The van der Waals surface area contributed by atoms with Gasteiger partial charge in [-0.1, -0.05) is 19.1 Å². The molecule has 9 heteroatoms. The van der Waals surface area contributed by atoms with Gasteiger partial charge in [-0.3, -0.25) is 9.59 Å². The third-order valence-electron chi connectivity index (χ3n) is 6.85. The Morgan fingerprint density at radius 3 is 2.60 bits per heavy atom. The Bertz CT molecular complexity index is 1210. The molecule has 9 nitrogen and oxygen atoms in total. The van der Waals surface area contributed by atoms with Crippen molar-refractivity contribution in [3.8, 4) is 12.3 Å². The summed E-state index contributed by atoms with van der Waals surface area (Å²) in [5, 5.41) is 24.8. The Kier molecular flexibility index (Phi) is 6.88. The van der Waals surface area contributed by atoms with E-state index in [1.165, 1.54) is 0 Å². The van der Waals surface area contributed by atoms with E-state index >= 15 is 0 Å². The highest BCUT2D eigenvalue weighted by Gasteiger charge is 2.38. The van der Waals surface area contributed by atoms with Gasteiger partial charge in [-0.15, -0.1) is 0 Å². The molecule has 180 valence electrons. The number of nitrogens with one attached hydrogen (secondary N) is 2. The molecule has 0 spiro atoms. The first-order chi connectivity index (χ1) is 16.8. The third kappa shape index (κ3) is 4.90. The Morgan fingerprint density at radius 2 is 1.91 bits per heavy atom. The van der Waals surface area contributed by atoms with Crippen molar-refractivity contribution in [2.45, 2.75) is 57.7 Å². The zero-order valence-corrected chi connectivity index (χ0v) is 20.2. The van der Waals surface area contributed by atoms with Gasteiger partial charge in [-0.05, 0) is 51.0 Å². The molecule has 0 aliphatic carbocycles. The number of carbonyl (C=O) groups excluding carboxylic acids is 2. The van der Waals surface area contributed by atoms with E-state index in [1.54, 1.807) is 34.9 Å². The molecule has 2 aliphatic rings. The zero-order valence-electron chi connectivity index (χ0n) is 20.2. The first-order valence-corrected chi connectivity index (χ1v) is 11.9. The number of Topliss-reactive ketones (excluding diaryl/α,β-unsaturated/α-hetero) is 1. The molecule has 4 rings (SSSR count). The van der Waals surface area contributed by atoms with Crippen LogP contribution in [0, 0.1) is 22.8 Å². The molecule has 0 saturated carbocycles. The van der Waals surface area contributed by atoms with E-state index in [0.29, 0.717) is 36.0 Å². The molecular weight excluding hydrogens is 442 g/mol. The van der Waals surface area contributed by atoms with E-state index in [0.717, 1.165) is 18.4 Å². The average Bonchev–Trinajstić information content (AvgIpc) is 2.88. The van der Waals surface area contributed by atoms with Crippen LogP contribution in [-0.4, -0.2) is 52.8 Å². The number of nitrogens with zero attached hydrogens (tertiary/aromatic N) is 5. The van der Waals surface area contributed by atoms with Crippen LogP contribution in [0.1, 0.15) is 55.5 Å². The van der Waals surface area contributed by atoms with Gasteiger partial charge in [0.05, 0.1) is 12.1 Å². The Hall–Kier alpha value is -4.11. The molecule has 35 heavy (non-hydrogen) atoms. The summed E-state index contributed by atoms with van der Waals surface area (Å²) in [5.41, 5.74) is 2.04. The van der Waals surface area contributed by atoms with Gasteiger partial charge < -0.3 is 20.4 Å². The number of anilines is 3. The van der Waals surface area contributed by atoms with Crippen LogP contribution in [0.5, 0.6) is 0 Å². The predicted molar refractivity (Wildman–Crippen MR) is 132 cm³/mol. The van der Waals surface area contributed by atoms with Gasteiger partial charge >= 0.3 is 0 Å². The van der Waals surface area contributed by atoms with Crippen molar-refractivity contribution in [2.24, 2.45) is 0 Å². The minimum absolute atomic E-state index is 0.0471. The second kappa shape index (κ2) is 10.0. The number of nitriles is 2. The molecule has 0 bridgehead atoms. The maximum Gasteiger partial charge on any atom is 0.251 e. The van der Waals surface area contributed by atoms with Crippen molar-refractivity contribution in [3.63, 3.8) is 0 Å². The third-order valence-corrected chi connectivity index (χ3v) is 6.85. The van der Waals surface area contributed by atoms with Crippen LogP contribution in [0.4, 0.5) is 17.3 Å². The standard InChI is InChI=1S/C26H29N7O2/c1-16(14-27)33-18(3)24(34)17(2)22-7-8-23(31-25(22)33)29-21-6-4-5-19(13-21)26(35)30-20-9-11-32(15-28)12-10-20/h4-8,13,16-18,20H,9-12H2,1-3H3,(H,29,31)(H,30,35)/t16?,17?,18-/m1/s1. The summed E-state index contributed by atoms with van der Waals surface area (Å²) in [7, 11) is 0. The summed E-state index contributed by atoms with van der Waals surface area (Å²) in [6.45, 7) is 6.74. The molecule has 3 heterocycles. The Labute approximate surface area is 205 Å². The smallest absolute Gasteiger partial charge is 0.251 e. The molecule has 1 amide bonds. The number of carbonyl (C=O) groups is 2. The largest absolute Gasteiger partial charge is 0.349 e. The molecule has 0 radical (unpaired) electrons. The topological polar surface area (TPSA) is 125 Å². The van der Waals surface area contributed by atoms with Gasteiger partial charge in [-0.2, -0.15) is 10.5 Å². The summed E-state index contributed by atoms with van der Waals surface area (Å²) < 4.78 is 0. The van der Waals surface area contributed by atoms with E-state index in [9.17, 15) is 14.9 Å². The lowest BCUT2D eigenvalue weighted by Gasteiger charge is -2.39. The molecule has 2 N–H and O–H groups in total. The minimum atomic E-state index is -0.505. The second-order valence-electron chi connectivity index (χ2n) is 9.16. The van der Waals surface area contributed by atoms with Crippen LogP contribution in [0.2, 0.25) is 0 Å². The highest BCUT2D eigenvalue weighted by molar-refractivity contribution is 5.97. The van der Waals surface area contributed by atoms with Gasteiger partial charge in [0, 0.05) is 41.9 Å². The van der Waals surface area contributed by atoms with Gasteiger partial charge in [0.1, 0.15) is 17.7 Å². The van der Waals surface area contributed by atoms with Crippen LogP contribution in [0.3, 0.4) is 0 Å². The molecule has 1 aromatic heterocycles. The first-order valence-electron chi connectivity index (χ1n) is 11.9. The van der Waals surface area contributed by atoms with Crippen LogP contribution in [-0.2, 0) is 4.79 Å². The summed E-state index contributed by atoms with van der Waals surface area (Å²) in [6, 6.07) is 12.2. The Balaban J connectivity index is 1.52. The van der Waals surface area contributed by atoms with Crippen LogP contribution < -0.4 is 15.5 Å². The van der Waals surface area contributed by atoms with E-state index < -0.39 is 12.1 Å². The number of amides is 1. The molecule has 1 fully saturated rings. The lowest BCUT2D eigenvalue weighted by molar-refractivity contribution is -0.121. The zero-order chi connectivity index (χ0) is 25.1. The molecule has 2 aromatic rings. The fraction of sp³-hybridized carbons (Fsp3) is 0.423. The predicted octanol–water partition coefficient (Wildman–Crippen LogP) is 3.29. The molecule has 2 unspecified atom stereocenters. The Morgan fingerprint density at radius 1 is 1.17 bits per heavy atom. The lowest BCUT2D eigenvalue weighted by atomic mass is 9.87. The number of aromatic nitrogens is 1. The van der Waals surface area contributed by atoms with Crippen molar-refractivity contribution < 1.29 is 9.59 Å². The summed E-state index contributed by atoms with van der Waals surface area (Å²) in [5.74, 6) is 0.808. The summed E-state index contributed by atoms with van der Waals surface area (Å²) in [6.07, 6.45) is 3.64. The van der Waals surface area contributed by atoms with E-state index in [-0.39, 0.29) is 23.7 Å². The van der Waals surface area contributed by atoms with E-state index in [2.05, 4.69) is 22.9 Å². The number of ketones is 1. The van der Waals surface area contributed by atoms with Gasteiger partial charge in [-0.25, -0.2) is 4.98 Å². The van der Waals surface area contributed by atoms with Crippen LogP contribution >= 0.6 is 0 Å². The number of hydrogen-bond acceptors (Lipinski definition) is 8. The van der Waals surface area contributed by atoms with E-state index in [1.807, 2.05) is 32.0 Å². The van der Waals surface area contributed by atoms with Crippen molar-refractivity contribution in [1.82, 2.24) is 15.2 Å². The number of fused-ring (bicyclic) bond motifs is 1. The van der Waals surface area contributed by atoms with Crippen molar-refractivity contribution >= 4 is 29.0 Å². The molecule has 2 aliphatic heterocycles. The van der Waals surface area contributed by atoms with Crippen molar-refractivity contribution in [2.75, 3.05) is 23.3 Å². The maximum atomic E-state index is 12.8. The van der Waals surface area contributed by atoms with Gasteiger partial charge in [0.25, 0.3) is 5.91 Å². The van der Waals surface area contributed by atoms with E-state index in [4.69, 9.17) is 10.2 Å². The van der Waals surface area contributed by atoms with Crippen molar-refractivity contribution in [1.29, 1.82) is 10.5 Å². The van der Waals surface area contributed by atoms with Crippen molar-refractivity contribution in [3.05, 3.63) is 47.5 Å². The van der Waals surface area contributed by atoms with Gasteiger partial charge in [0.2, 0.25) is 0 Å². The molecule has 1 saturated heterocycles. The monoisotopic (exact) mass is 471 g/mol.